The lowest BCUT2D eigenvalue weighted by Crippen LogP contribution is -2.36. The van der Waals surface area contributed by atoms with Crippen molar-refractivity contribution in [2.24, 2.45) is 0 Å². The number of halogens is 1. The van der Waals surface area contributed by atoms with E-state index >= 15 is 0 Å². The van der Waals surface area contributed by atoms with Crippen LogP contribution in [0.4, 0.5) is 4.39 Å². The van der Waals surface area contributed by atoms with Gasteiger partial charge in [-0.05, 0) is 38.4 Å². The summed E-state index contributed by atoms with van der Waals surface area (Å²) in [5.41, 5.74) is 1.67. The molecule has 1 saturated heterocycles. The lowest BCUT2D eigenvalue weighted by atomic mass is 10.1. The van der Waals surface area contributed by atoms with Crippen LogP contribution in [0.5, 0.6) is 0 Å². The number of aromatic nitrogens is 6. The Morgan fingerprint density at radius 1 is 1.15 bits per heavy atom. The molecule has 9 heteroatoms. The summed E-state index contributed by atoms with van der Waals surface area (Å²) in [6.45, 7) is 2.49. The van der Waals surface area contributed by atoms with E-state index in [0.717, 1.165) is 24.5 Å². The number of hydrogen-bond acceptors (Lipinski definition) is 6. The predicted molar refractivity (Wildman–Crippen MR) is 93.1 cm³/mol. The van der Waals surface area contributed by atoms with Gasteiger partial charge >= 0.3 is 0 Å². The van der Waals surface area contributed by atoms with Crippen molar-refractivity contribution in [3.63, 3.8) is 0 Å². The molecule has 3 aromatic rings. The molecule has 8 nitrogen and oxygen atoms in total. The molecule has 2 atom stereocenters. The molecule has 0 N–H and O–H groups in total. The second-order valence-electron chi connectivity index (χ2n) is 6.81. The molecular weight excluding hydrogens is 335 g/mol. The van der Waals surface area contributed by atoms with Gasteiger partial charge in [0.25, 0.3) is 0 Å². The van der Waals surface area contributed by atoms with Crippen LogP contribution in [-0.4, -0.2) is 73.0 Å². The molecule has 0 bridgehead atoms. The molecule has 26 heavy (non-hydrogen) atoms. The molecule has 0 amide bonds. The molecule has 2 aromatic heterocycles. The fourth-order valence-corrected chi connectivity index (χ4v) is 3.46. The maximum Gasteiger partial charge on any atom is 0.123 e. The van der Waals surface area contributed by atoms with Gasteiger partial charge in [0.1, 0.15) is 5.82 Å². The van der Waals surface area contributed by atoms with Gasteiger partial charge < -0.3 is 4.90 Å². The van der Waals surface area contributed by atoms with Crippen LogP contribution in [0.3, 0.4) is 0 Å². The summed E-state index contributed by atoms with van der Waals surface area (Å²) in [6.07, 6.45) is 5.51. The molecular formula is C17H21FN8. The van der Waals surface area contributed by atoms with Crippen molar-refractivity contribution in [1.82, 2.24) is 39.8 Å². The van der Waals surface area contributed by atoms with Crippen molar-refractivity contribution < 1.29 is 4.39 Å². The Labute approximate surface area is 150 Å². The first-order chi connectivity index (χ1) is 12.6. The van der Waals surface area contributed by atoms with E-state index in [2.05, 4.69) is 44.5 Å². The highest BCUT2D eigenvalue weighted by atomic mass is 19.1. The molecule has 0 aliphatic carbocycles. The molecule has 136 valence electrons. The first kappa shape index (κ1) is 16.8. The van der Waals surface area contributed by atoms with Crippen LogP contribution >= 0.6 is 0 Å². The monoisotopic (exact) mass is 356 g/mol. The Balaban J connectivity index is 1.47. The SMILES string of the molecule is CN(C)[C@@H]1CN(Cc2cn(-c3ccc(F)cc3)nn2)C[C@@H]1n1ccnn1. The lowest BCUT2D eigenvalue weighted by Gasteiger charge is -2.24. The van der Waals surface area contributed by atoms with E-state index in [0.29, 0.717) is 12.6 Å². The van der Waals surface area contributed by atoms with E-state index in [1.165, 1.54) is 12.1 Å². The molecule has 1 aromatic carbocycles. The van der Waals surface area contributed by atoms with E-state index in [9.17, 15) is 4.39 Å². The zero-order chi connectivity index (χ0) is 18.1. The van der Waals surface area contributed by atoms with E-state index in [1.807, 2.05) is 17.1 Å². The van der Waals surface area contributed by atoms with Crippen LogP contribution in [-0.2, 0) is 6.54 Å². The molecule has 0 spiro atoms. The van der Waals surface area contributed by atoms with Gasteiger partial charge in [0.2, 0.25) is 0 Å². The maximum absolute atomic E-state index is 13.1. The van der Waals surface area contributed by atoms with Gasteiger partial charge in [-0.15, -0.1) is 10.2 Å². The molecule has 0 saturated carbocycles. The van der Waals surface area contributed by atoms with Gasteiger partial charge in [-0.1, -0.05) is 10.4 Å². The van der Waals surface area contributed by atoms with Crippen molar-refractivity contribution >= 4 is 0 Å². The minimum absolute atomic E-state index is 0.250. The van der Waals surface area contributed by atoms with Gasteiger partial charge in [0.05, 0.1) is 29.8 Å². The third-order valence-electron chi connectivity index (χ3n) is 4.80. The van der Waals surface area contributed by atoms with Gasteiger partial charge in [-0.3, -0.25) is 4.90 Å². The van der Waals surface area contributed by atoms with Crippen molar-refractivity contribution in [3.8, 4) is 5.69 Å². The van der Waals surface area contributed by atoms with E-state index in [-0.39, 0.29) is 11.9 Å². The predicted octanol–water partition coefficient (Wildman–Crippen LogP) is 0.985. The Hall–Kier alpha value is -2.65. The average Bonchev–Trinajstić information content (AvgIpc) is 3.36. The fraction of sp³-hybridized carbons (Fsp3) is 0.412. The van der Waals surface area contributed by atoms with Crippen LogP contribution in [0, 0.1) is 5.82 Å². The second-order valence-corrected chi connectivity index (χ2v) is 6.81. The standard InChI is InChI=1S/C17H21FN8/c1-23(2)16-11-24(12-17(16)25-8-7-19-21-25)9-14-10-26(22-20-14)15-5-3-13(18)4-6-15/h3-8,10,16-17H,9,11-12H2,1-2H3/t16-,17+/m1/s1. The first-order valence-corrected chi connectivity index (χ1v) is 8.52. The Morgan fingerprint density at radius 3 is 2.65 bits per heavy atom. The van der Waals surface area contributed by atoms with Gasteiger partial charge in [-0.25, -0.2) is 13.8 Å². The molecule has 3 heterocycles. The number of hydrogen-bond donors (Lipinski definition) is 0. The van der Waals surface area contributed by atoms with Crippen molar-refractivity contribution in [1.29, 1.82) is 0 Å². The van der Waals surface area contributed by atoms with Gasteiger partial charge in [0.15, 0.2) is 0 Å². The summed E-state index contributed by atoms with van der Waals surface area (Å²) in [6, 6.07) is 6.81. The van der Waals surface area contributed by atoms with Crippen molar-refractivity contribution in [3.05, 3.63) is 54.4 Å². The van der Waals surface area contributed by atoms with Crippen LogP contribution in [0.15, 0.2) is 42.9 Å². The highest BCUT2D eigenvalue weighted by Gasteiger charge is 2.36. The number of likely N-dealkylation sites (tertiary alicyclic amines) is 1. The highest BCUT2D eigenvalue weighted by molar-refractivity contribution is 5.30. The van der Waals surface area contributed by atoms with Crippen molar-refractivity contribution in [2.75, 3.05) is 27.2 Å². The van der Waals surface area contributed by atoms with Gasteiger partial charge in [0, 0.05) is 31.9 Å². The smallest absolute Gasteiger partial charge is 0.123 e. The van der Waals surface area contributed by atoms with Crippen LogP contribution in [0.25, 0.3) is 5.69 Å². The second kappa shape index (κ2) is 6.93. The third-order valence-corrected chi connectivity index (χ3v) is 4.80. The lowest BCUT2D eigenvalue weighted by molar-refractivity contribution is 0.237. The highest BCUT2D eigenvalue weighted by Crippen LogP contribution is 2.25. The summed E-state index contributed by atoms with van der Waals surface area (Å²) in [5, 5.41) is 16.5. The topological polar surface area (TPSA) is 67.9 Å². The van der Waals surface area contributed by atoms with E-state index in [4.69, 9.17) is 0 Å². The number of nitrogens with zero attached hydrogens (tertiary/aromatic N) is 8. The van der Waals surface area contributed by atoms with Crippen molar-refractivity contribution in [2.45, 2.75) is 18.6 Å². The zero-order valence-corrected chi connectivity index (χ0v) is 14.8. The maximum atomic E-state index is 13.1. The molecule has 0 unspecified atom stereocenters. The number of benzene rings is 1. The van der Waals surface area contributed by atoms with Gasteiger partial charge in [-0.2, -0.15) is 0 Å². The quantitative estimate of drug-likeness (QED) is 0.679. The molecule has 1 fully saturated rings. The third kappa shape index (κ3) is 3.35. The molecule has 1 aliphatic heterocycles. The fourth-order valence-electron chi connectivity index (χ4n) is 3.46. The summed E-state index contributed by atoms with van der Waals surface area (Å²) < 4.78 is 16.7. The Morgan fingerprint density at radius 2 is 1.96 bits per heavy atom. The van der Waals surface area contributed by atoms with E-state index in [1.54, 1.807) is 23.0 Å². The number of rotatable bonds is 5. The van der Waals surface area contributed by atoms with Crippen LogP contribution < -0.4 is 0 Å². The summed E-state index contributed by atoms with van der Waals surface area (Å²) >= 11 is 0. The zero-order valence-electron chi connectivity index (χ0n) is 14.8. The van der Waals surface area contributed by atoms with E-state index < -0.39 is 0 Å². The molecule has 4 rings (SSSR count). The summed E-state index contributed by atoms with van der Waals surface area (Å²) in [4.78, 5) is 4.57. The minimum Gasteiger partial charge on any atom is -0.303 e. The average molecular weight is 356 g/mol. The summed E-state index contributed by atoms with van der Waals surface area (Å²) in [5.74, 6) is -0.264. The number of likely N-dealkylation sites (N-methyl/N-ethyl adjacent to an activating group) is 1. The largest absolute Gasteiger partial charge is 0.303 e. The normalized spacial score (nSPS) is 20.9. The van der Waals surface area contributed by atoms with Crippen LogP contribution in [0.2, 0.25) is 0 Å². The minimum atomic E-state index is -0.264. The summed E-state index contributed by atoms with van der Waals surface area (Å²) in [7, 11) is 4.17. The Bertz CT molecular complexity index is 842. The Kier molecular flexibility index (Phi) is 4.48. The molecule has 1 aliphatic rings. The molecule has 0 radical (unpaired) electrons. The van der Waals surface area contributed by atoms with Crippen LogP contribution in [0.1, 0.15) is 11.7 Å². The first-order valence-electron chi connectivity index (χ1n) is 8.52.